The minimum Gasteiger partial charge on any atom is -0.268 e. The second-order valence-electron chi connectivity index (χ2n) is 6.50. The average molecular weight is 387 g/mol. The van der Waals surface area contributed by atoms with E-state index in [1.165, 1.54) is 20.2 Å². The molecule has 140 valence electrons. The maximum Gasteiger partial charge on any atom is 0.333 e. The summed E-state index contributed by atoms with van der Waals surface area (Å²) in [5.41, 5.74) is 3.13. The molecule has 7 nitrogen and oxygen atoms in total. The first-order valence-corrected chi connectivity index (χ1v) is 8.68. The van der Waals surface area contributed by atoms with Crippen LogP contribution in [0.4, 0.5) is 4.79 Å². The third-order valence-electron chi connectivity index (χ3n) is 4.49. The van der Waals surface area contributed by atoms with Crippen molar-refractivity contribution < 1.29 is 14.4 Å². The number of hydrogen-bond donors (Lipinski definition) is 0. The van der Waals surface area contributed by atoms with Crippen LogP contribution in [-0.4, -0.2) is 51.5 Å². The van der Waals surface area contributed by atoms with Crippen molar-refractivity contribution in [3.05, 3.63) is 57.4 Å². The van der Waals surface area contributed by atoms with Crippen LogP contribution in [0.15, 0.2) is 29.8 Å². The highest BCUT2D eigenvalue weighted by molar-refractivity contribution is 6.33. The fraction of sp³-hybridized carbons (Fsp3) is 0.263. The zero-order valence-electron chi connectivity index (χ0n) is 15.5. The van der Waals surface area contributed by atoms with Gasteiger partial charge in [0.15, 0.2) is 0 Å². The Morgan fingerprint density at radius 3 is 2.11 bits per heavy atom. The number of aromatic nitrogens is 2. The van der Waals surface area contributed by atoms with Gasteiger partial charge in [0.25, 0.3) is 11.8 Å². The van der Waals surface area contributed by atoms with Crippen molar-refractivity contribution in [2.45, 2.75) is 20.4 Å². The molecule has 0 atom stereocenters. The lowest BCUT2D eigenvalue weighted by atomic mass is 10.1. The highest BCUT2D eigenvalue weighted by Gasteiger charge is 2.38. The van der Waals surface area contributed by atoms with Crippen LogP contribution < -0.4 is 0 Å². The molecule has 0 radical (unpaired) electrons. The number of imide groups is 2. The predicted octanol–water partition coefficient (Wildman–Crippen LogP) is 2.64. The molecular weight excluding hydrogens is 368 g/mol. The molecule has 8 heteroatoms. The first kappa shape index (κ1) is 18.8. The fourth-order valence-corrected chi connectivity index (χ4v) is 3.11. The topological polar surface area (TPSA) is 75.5 Å². The quantitative estimate of drug-likeness (QED) is 0.600. The monoisotopic (exact) mass is 386 g/mol. The maximum atomic E-state index is 12.4. The SMILES string of the molecule is Cc1ccc(Cn2nc(C)c(C=C3C(=O)N(C)C(=O)N(C)C3=O)c2Cl)cc1. The lowest BCUT2D eigenvalue weighted by Crippen LogP contribution is -2.52. The Bertz CT molecular complexity index is 950. The van der Waals surface area contributed by atoms with E-state index in [1.54, 1.807) is 11.6 Å². The molecule has 1 aromatic heterocycles. The molecule has 1 saturated heterocycles. The molecule has 0 unspecified atom stereocenters. The summed E-state index contributed by atoms with van der Waals surface area (Å²) in [6.07, 6.45) is 1.40. The van der Waals surface area contributed by atoms with Crippen LogP contribution in [0.3, 0.4) is 0 Å². The summed E-state index contributed by atoms with van der Waals surface area (Å²) < 4.78 is 1.62. The van der Waals surface area contributed by atoms with Crippen LogP contribution in [0, 0.1) is 13.8 Å². The van der Waals surface area contributed by atoms with Gasteiger partial charge in [-0.1, -0.05) is 41.4 Å². The Kier molecular flexibility index (Phi) is 4.89. The summed E-state index contributed by atoms with van der Waals surface area (Å²) in [4.78, 5) is 38.4. The van der Waals surface area contributed by atoms with Gasteiger partial charge >= 0.3 is 6.03 Å². The number of carbonyl (C=O) groups is 3. The summed E-state index contributed by atoms with van der Waals surface area (Å²) in [7, 11) is 2.66. The molecule has 0 saturated carbocycles. The minimum absolute atomic E-state index is 0.125. The number of hydrogen-bond acceptors (Lipinski definition) is 4. The Morgan fingerprint density at radius 1 is 1.00 bits per heavy atom. The van der Waals surface area contributed by atoms with Crippen molar-refractivity contribution in [3.63, 3.8) is 0 Å². The van der Waals surface area contributed by atoms with Gasteiger partial charge in [-0.05, 0) is 25.5 Å². The zero-order valence-corrected chi connectivity index (χ0v) is 16.2. The third kappa shape index (κ3) is 3.38. The molecule has 0 bridgehead atoms. The van der Waals surface area contributed by atoms with Gasteiger partial charge in [0.2, 0.25) is 0 Å². The second kappa shape index (κ2) is 7.00. The number of rotatable bonds is 3. The number of barbiturate groups is 1. The summed E-state index contributed by atoms with van der Waals surface area (Å²) in [5, 5.41) is 4.74. The van der Waals surface area contributed by atoms with E-state index >= 15 is 0 Å². The number of aryl methyl sites for hydroxylation is 2. The largest absolute Gasteiger partial charge is 0.333 e. The van der Waals surface area contributed by atoms with Crippen LogP contribution in [-0.2, 0) is 16.1 Å². The standard InChI is InChI=1S/C19H19ClN4O3/c1-11-5-7-13(8-6-11)10-24-16(20)14(12(2)21-24)9-15-17(25)22(3)19(27)23(4)18(15)26/h5-9H,10H2,1-4H3. The van der Waals surface area contributed by atoms with E-state index in [9.17, 15) is 14.4 Å². The molecular formula is C19H19ClN4O3. The van der Waals surface area contributed by atoms with Gasteiger partial charge in [-0.25, -0.2) is 9.48 Å². The number of likely N-dealkylation sites (N-methyl/N-ethyl adjacent to an activating group) is 2. The normalized spacial score (nSPS) is 15.0. The molecule has 2 heterocycles. The lowest BCUT2D eigenvalue weighted by Gasteiger charge is -2.28. The molecule has 0 spiro atoms. The summed E-state index contributed by atoms with van der Waals surface area (Å²) in [5.74, 6) is -1.32. The van der Waals surface area contributed by atoms with Gasteiger partial charge in [0, 0.05) is 19.7 Å². The van der Waals surface area contributed by atoms with E-state index in [1.807, 2.05) is 31.2 Å². The Hall–Kier alpha value is -2.93. The van der Waals surface area contributed by atoms with E-state index in [2.05, 4.69) is 5.10 Å². The number of benzene rings is 1. The van der Waals surface area contributed by atoms with E-state index in [-0.39, 0.29) is 5.57 Å². The van der Waals surface area contributed by atoms with E-state index in [0.717, 1.165) is 20.9 Å². The fourth-order valence-electron chi connectivity index (χ4n) is 2.82. The van der Waals surface area contributed by atoms with Gasteiger partial charge in [-0.2, -0.15) is 5.10 Å². The van der Waals surface area contributed by atoms with Gasteiger partial charge in [0.05, 0.1) is 12.2 Å². The number of carbonyl (C=O) groups excluding carboxylic acids is 3. The highest BCUT2D eigenvalue weighted by atomic mass is 35.5. The molecule has 1 aromatic carbocycles. The first-order chi connectivity index (χ1) is 12.7. The van der Waals surface area contributed by atoms with Gasteiger partial charge in [-0.3, -0.25) is 19.4 Å². The average Bonchev–Trinajstić information content (AvgIpc) is 2.90. The number of halogens is 1. The first-order valence-electron chi connectivity index (χ1n) is 8.31. The molecule has 3 rings (SSSR count). The van der Waals surface area contributed by atoms with E-state index in [0.29, 0.717) is 23.0 Å². The van der Waals surface area contributed by atoms with Crippen molar-refractivity contribution in [2.75, 3.05) is 14.1 Å². The number of amides is 4. The van der Waals surface area contributed by atoms with E-state index < -0.39 is 17.8 Å². The van der Waals surface area contributed by atoms with Crippen molar-refractivity contribution in [3.8, 4) is 0 Å². The summed E-state index contributed by atoms with van der Waals surface area (Å²) in [6.45, 7) is 4.22. The number of urea groups is 1. The molecule has 0 N–H and O–H groups in total. The molecule has 2 aromatic rings. The van der Waals surface area contributed by atoms with Crippen molar-refractivity contribution in [2.24, 2.45) is 0 Å². The van der Waals surface area contributed by atoms with Crippen molar-refractivity contribution in [1.29, 1.82) is 0 Å². The molecule has 1 aliphatic rings. The van der Waals surface area contributed by atoms with Crippen LogP contribution in [0.1, 0.15) is 22.4 Å². The Morgan fingerprint density at radius 2 is 1.56 bits per heavy atom. The van der Waals surface area contributed by atoms with Gasteiger partial charge in [0.1, 0.15) is 10.7 Å². The third-order valence-corrected chi connectivity index (χ3v) is 4.89. The summed E-state index contributed by atoms with van der Waals surface area (Å²) >= 11 is 6.47. The second-order valence-corrected chi connectivity index (χ2v) is 6.86. The molecule has 1 fully saturated rings. The van der Waals surface area contributed by atoms with Crippen LogP contribution >= 0.6 is 11.6 Å². The molecule has 1 aliphatic heterocycles. The van der Waals surface area contributed by atoms with Crippen molar-refractivity contribution >= 4 is 35.5 Å². The predicted molar refractivity (Wildman–Crippen MR) is 101 cm³/mol. The van der Waals surface area contributed by atoms with Crippen LogP contribution in [0.5, 0.6) is 0 Å². The molecule has 27 heavy (non-hydrogen) atoms. The van der Waals surface area contributed by atoms with Crippen molar-refractivity contribution in [1.82, 2.24) is 19.6 Å². The Labute approximate surface area is 161 Å². The smallest absolute Gasteiger partial charge is 0.268 e. The van der Waals surface area contributed by atoms with Crippen LogP contribution in [0.25, 0.3) is 6.08 Å². The maximum absolute atomic E-state index is 12.4. The van der Waals surface area contributed by atoms with Gasteiger partial charge < -0.3 is 0 Å². The van der Waals surface area contributed by atoms with Gasteiger partial charge in [-0.15, -0.1) is 0 Å². The number of nitrogens with zero attached hydrogens (tertiary/aromatic N) is 4. The minimum atomic E-state index is -0.667. The molecule has 0 aliphatic carbocycles. The van der Waals surface area contributed by atoms with Crippen LogP contribution in [0.2, 0.25) is 5.15 Å². The Balaban J connectivity index is 1.98. The highest BCUT2D eigenvalue weighted by Crippen LogP contribution is 2.26. The zero-order chi connectivity index (χ0) is 19.9. The summed E-state index contributed by atoms with van der Waals surface area (Å²) in [6, 6.07) is 7.32. The molecule has 4 amide bonds. The lowest BCUT2D eigenvalue weighted by molar-refractivity contribution is -0.134. The van der Waals surface area contributed by atoms with E-state index in [4.69, 9.17) is 11.6 Å².